The third kappa shape index (κ3) is 6.20. The average molecular weight is 454 g/mol. The fourth-order valence-electron chi connectivity index (χ4n) is 3.50. The molecule has 1 aromatic rings. The fraction of sp³-hybridized carbons (Fsp3) is 0.636. The number of hydrogen-bond donors (Lipinski definition) is 1. The molecule has 174 valence electrons. The molecule has 1 aliphatic rings. The average Bonchev–Trinajstić information content (AvgIpc) is 3.26. The second-order valence-corrected chi connectivity index (χ2v) is 10.3. The molecule has 1 aromatic carbocycles. The standard InChI is InChI=1S/C22H35N3O5S/c1-6-22(4,5)23-20(26)16-30-21(27)18-15-17(31(28,29)25(7-2)8-3)11-12-19(18)24-13-9-10-14-24/h11-12,15H,6-10,13-14,16H2,1-5H3,(H,23,26). The van der Waals surface area contributed by atoms with Crippen molar-refractivity contribution in [3.8, 4) is 0 Å². The monoisotopic (exact) mass is 453 g/mol. The zero-order valence-corrected chi connectivity index (χ0v) is 20.0. The van der Waals surface area contributed by atoms with Crippen molar-refractivity contribution in [2.75, 3.05) is 37.7 Å². The highest BCUT2D eigenvalue weighted by molar-refractivity contribution is 7.89. The molecular weight excluding hydrogens is 418 g/mol. The minimum Gasteiger partial charge on any atom is -0.452 e. The molecule has 0 bridgehead atoms. The van der Waals surface area contributed by atoms with Gasteiger partial charge in [-0.3, -0.25) is 4.79 Å². The minimum atomic E-state index is -3.73. The topological polar surface area (TPSA) is 96.0 Å². The Hall–Kier alpha value is -2.13. The van der Waals surface area contributed by atoms with Crippen LogP contribution in [-0.4, -0.2) is 62.9 Å². The smallest absolute Gasteiger partial charge is 0.340 e. The molecule has 0 radical (unpaired) electrons. The van der Waals surface area contributed by atoms with E-state index < -0.39 is 34.0 Å². The Morgan fingerprint density at radius 2 is 1.74 bits per heavy atom. The van der Waals surface area contributed by atoms with Crippen LogP contribution in [0.2, 0.25) is 0 Å². The van der Waals surface area contributed by atoms with Crippen LogP contribution in [0.15, 0.2) is 23.1 Å². The lowest BCUT2D eigenvalue weighted by Gasteiger charge is -2.25. The maximum Gasteiger partial charge on any atom is 0.340 e. The second-order valence-electron chi connectivity index (χ2n) is 8.32. The number of rotatable bonds is 10. The van der Waals surface area contributed by atoms with Crippen LogP contribution in [-0.2, 0) is 19.6 Å². The number of amides is 1. The number of ether oxygens (including phenoxy) is 1. The van der Waals surface area contributed by atoms with Gasteiger partial charge in [0.1, 0.15) is 0 Å². The van der Waals surface area contributed by atoms with Crippen LogP contribution < -0.4 is 10.2 Å². The first kappa shape index (κ1) is 25.1. The number of benzene rings is 1. The summed E-state index contributed by atoms with van der Waals surface area (Å²) in [5.41, 5.74) is 0.398. The Balaban J connectivity index is 2.31. The molecule has 0 spiro atoms. The van der Waals surface area contributed by atoms with Crippen LogP contribution in [0.3, 0.4) is 0 Å². The molecule has 2 rings (SSSR count). The van der Waals surface area contributed by atoms with E-state index in [1.165, 1.54) is 16.4 Å². The summed E-state index contributed by atoms with van der Waals surface area (Å²) in [4.78, 5) is 27.2. The van der Waals surface area contributed by atoms with E-state index in [2.05, 4.69) is 5.32 Å². The molecule has 0 aliphatic carbocycles. The highest BCUT2D eigenvalue weighted by Gasteiger charge is 2.27. The molecule has 0 atom stereocenters. The quantitative estimate of drug-likeness (QED) is 0.547. The summed E-state index contributed by atoms with van der Waals surface area (Å²) in [5.74, 6) is -1.10. The summed E-state index contributed by atoms with van der Waals surface area (Å²) in [6.45, 7) is 11.1. The molecule has 1 heterocycles. The lowest BCUT2D eigenvalue weighted by molar-refractivity contribution is -0.125. The van der Waals surface area contributed by atoms with E-state index >= 15 is 0 Å². The molecular formula is C22H35N3O5S. The van der Waals surface area contributed by atoms with Crippen LogP contribution in [0.4, 0.5) is 5.69 Å². The van der Waals surface area contributed by atoms with Gasteiger partial charge in [0.25, 0.3) is 5.91 Å². The number of nitrogens with one attached hydrogen (secondary N) is 1. The van der Waals surface area contributed by atoms with Gasteiger partial charge in [-0.25, -0.2) is 13.2 Å². The van der Waals surface area contributed by atoms with Gasteiger partial charge in [-0.05, 0) is 51.3 Å². The van der Waals surface area contributed by atoms with Crippen molar-refractivity contribution in [1.29, 1.82) is 0 Å². The molecule has 1 saturated heterocycles. The predicted octanol–water partition coefficient (Wildman–Crippen LogP) is 2.78. The Bertz CT molecular complexity index is 888. The van der Waals surface area contributed by atoms with Gasteiger partial charge in [-0.2, -0.15) is 4.31 Å². The summed E-state index contributed by atoms with van der Waals surface area (Å²) in [7, 11) is -3.73. The summed E-state index contributed by atoms with van der Waals surface area (Å²) in [6.07, 6.45) is 2.74. The van der Waals surface area contributed by atoms with Crippen LogP contribution in [0.1, 0.15) is 64.2 Å². The van der Waals surface area contributed by atoms with Crippen molar-refractivity contribution >= 4 is 27.6 Å². The van der Waals surface area contributed by atoms with Crippen LogP contribution in [0.5, 0.6) is 0 Å². The lowest BCUT2D eigenvalue weighted by Crippen LogP contribution is -2.44. The molecule has 0 unspecified atom stereocenters. The van der Waals surface area contributed by atoms with Gasteiger partial charge in [0.2, 0.25) is 10.0 Å². The number of carbonyl (C=O) groups excluding carboxylic acids is 2. The van der Waals surface area contributed by atoms with Gasteiger partial charge < -0.3 is 15.0 Å². The normalized spacial score (nSPS) is 14.7. The van der Waals surface area contributed by atoms with Gasteiger partial charge in [-0.1, -0.05) is 20.8 Å². The van der Waals surface area contributed by atoms with E-state index in [0.29, 0.717) is 18.8 Å². The Morgan fingerprint density at radius 3 is 2.29 bits per heavy atom. The first-order valence-electron chi connectivity index (χ1n) is 10.9. The third-order valence-corrected chi connectivity index (χ3v) is 7.72. The Morgan fingerprint density at radius 1 is 1.13 bits per heavy atom. The van der Waals surface area contributed by atoms with E-state index in [-0.39, 0.29) is 10.5 Å². The molecule has 0 saturated carbocycles. The maximum absolute atomic E-state index is 13.0. The lowest BCUT2D eigenvalue weighted by atomic mass is 10.0. The van der Waals surface area contributed by atoms with Crippen LogP contribution in [0, 0.1) is 0 Å². The van der Waals surface area contributed by atoms with E-state index in [9.17, 15) is 18.0 Å². The SMILES string of the molecule is CCN(CC)S(=O)(=O)c1ccc(N2CCCC2)c(C(=O)OCC(=O)NC(C)(C)CC)c1. The predicted molar refractivity (Wildman–Crippen MR) is 121 cm³/mol. The van der Waals surface area contributed by atoms with E-state index in [1.54, 1.807) is 19.9 Å². The summed E-state index contributed by atoms with van der Waals surface area (Å²) < 4.78 is 32.5. The van der Waals surface area contributed by atoms with Crippen molar-refractivity contribution in [1.82, 2.24) is 9.62 Å². The van der Waals surface area contributed by atoms with E-state index in [1.807, 2.05) is 25.7 Å². The van der Waals surface area contributed by atoms with Crippen molar-refractivity contribution in [3.05, 3.63) is 23.8 Å². The number of carbonyl (C=O) groups is 2. The first-order valence-corrected chi connectivity index (χ1v) is 12.4. The highest BCUT2D eigenvalue weighted by atomic mass is 32.2. The van der Waals surface area contributed by atoms with Crippen molar-refractivity contribution in [3.63, 3.8) is 0 Å². The fourth-order valence-corrected chi connectivity index (χ4v) is 4.98. The molecule has 1 amide bonds. The van der Waals surface area contributed by atoms with E-state index in [0.717, 1.165) is 32.4 Å². The molecule has 1 N–H and O–H groups in total. The largest absolute Gasteiger partial charge is 0.452 e. The number of nitrogens with zero attached hydrogens (tertiary/aromatic N) is 2. The van der Waals surface area contributed by atoms with Gasteiger partial charge in [0, 0.05) is 31.7 Å². The molecule has 1 aliphatic heterocycles. The number of anilines is 1. The van der Waals surface area contributed by atoms with E-state index in [4.69, 9.17) is 4.74 Å². The van der Waals surface area contributed by atoms with Crippen molar-refractivity contribution in [2.24, 2.45) is 0 Å². The number of esters is 1. The minimum absolute atomic E-state index is 0.0441. The maximum atomic E-state index is 13.0. The highest BCUT2D eigenvalue weighted by Crippen LogP contribution is 2.29. The summed E-state index contributed by atoms with van der Waals surface area (Å²) in [5, 5.41) is 2.82. The van der Waals surface area contributed by atoms with Gasteiger partial charge >= 0.3 is 5.97 Å². The second kappa shape index (κ2) is 10.5. The zero-order chi connectivity index (χ0) is 23.2. The van der Waals surface area contributed by atoms with Crippen molar-refractivity contribution < 1.29 is 22.7 Å². The molecule has 9 heteroatoms. The number of hydrogen-bond acceptors (Lipinski definition) is 6. The molecule has 1 fully saturated rings. The molecule has 8 nitrogen and oxygen atoms in total. The molecule has 31 heavy (non-hydrogen) atoms. The van der Waals surface area contributed by atoms with Crippen LogP contribution in [0.25, 0.3) is 0 Å². The first-order chi connectivity index (χ1) is 14.6. The Kier molecular flexibility index (Phi) is 8.48. The van der Waals surface area contributed by atoms with Gasteiger partial charge in [0.05, 0.1) is 16.1 Å². The van der Waals surface area contributed by atoms with Gasteiger partial charge in [-0.15, -0.1) is 0 Å². The number of sulfonamides is 1. The third-order valence-electron chi connectivity index (χ3n) is 5.67. The Labute approximate surface area is 186 Å². The zero-order valence-electron chi connectivity index (χ0n) is 19.2. The van der Waals surface area contributed by atoms with Crippen LogP contribution >= 0.6 is 0 Å². The summed E-state index contributed by atoms with van der Waals surface area (Å²) in [6, 6.07) is 4.57. The molecule has 0 aromatic heterocycles. The van der Waals surface area contributed by atoms with Gasteiger partial charge in [0.15, 0.2) is 6.61 Å². The summed E-state index contributed by atoms with van der Waals surface area (Å²) >= 11 is 0. The van der Waals surface area contributed by atoms with Crippen molar-refractivity contribution in [2.45, 2.75) is 64.3 Å².